The number of hydrogen-bond donors (Lipinski definition) is 2. The molecule has 2 aromatic rings. The highest BCUT2D eigenvalue weighted by Gasteiger charge is 2.28. The minimum atomic E-state index is -1.06. The second kappa shape index (κ2) is 6.46. The molecule has 1 aromatic carbocycles. The first-order chi connectivity index (χ1) is 11.9. The van der Waals surface area contributed by atoms with Gasteiger partial charge in [-0.3, -0.25) is 4.79 Å². The van der Waals surface area contributed by atoms with Crippen molar-refractivity contribution in [2.24, 2.45) is 0 Å². The SMILES string of the molecule is CCOC(=O)N1CCc2c(c3cc(C(=O)O)ccc3n2CC(=O)O)C1. The molecule has 1 aliphatic heterocycles. The van der Waals surface area contributed by atoms with E-state index >= 15 is 0 Å². The predicted octanol–water partition coefficient (Wildman–Crippen LogP) is 1.94. The molecule has 0 fully saturated rings. The molecule has 132 valence electrons. The van der Waals surface area contributed by atoms with Gasteiger partial charge in [-0.25, -0.2) is 9.59 Å². The Kier molecular flexibility index (Phi) is 4.35. The number of fused-ring (bicyclic) bond motifs is 3. The third kappa shape index (κ3) is 3.02. The molecule has 25 heavy (non-hydrogen) atoms. The first-order valence-electron chi connectivity index (χ1n) is 7.93. The van der Waals surface area contributed by atoms with Gasteiger partial charge in [-0.1, -0.05) is 0 Å². The number of carbonyl (C=O) groups excluding carboxylic acids is 1. The number of aromatic carboxylic acids is 1. The lowest BCUT2D eigenvalue weighted by molar-refractivity contribution is -0.137. The Morgan fingerprint density at radius 3 is 2.64 bits per heavy atom. The van der Waals surface area contributed by atoms with Crippen molar-refractivity contribution < 1.29 is 29.3 Å². The van der Waals surface area contributed by atoms with Crippen LogP contribution in [0.4, 0.5) is 4.79 Å². The topological polar surface area (TPSA) is 109 Å². The zero-order valence-corrected chi connectivity index (χ0v) is 13.7. The molecule has 0 saturated carbocycles. The summed E-state index contributed by atoms with van der Waals surface area (Å²) in [4.78, 5) is 36.1. The Balaban J connectivity index is 2.12. The highest BCUT2D eigenvalue weighted by atomic mass is 16.6. The molecule has 2 heterocycles. The average Bonchev–Trinajstić information content (AvgIpc) is 2.87. The van der Waals surface area contributed by atoms with E-state index in [1.54, 1.807) is 22.5 Å². The summed E-state index contributed by atoms with van der Waals surface area (Å²) < 4.78 is 6.72. The third-order valence-electron chi connectivity index (χ3n) is 4.32. The first kappa shape index (κ1) is 16.8. The highest BCUT2D eigenvalue weighted by Crippen LogP contribution is 2.32. The normalized spacial score (nSPS) is 13.6. The zero-order chi connectivity index (χ0) is 18.1. The number of benzene rings is 1. The number of amides is 1. The van der Waals surface area contributed by atoms with Crippen LogP contribution in [0.5, 0.6) is 0 Å². The Morgan fingerprint density at radius 2 is 2.00 bits per heavy atom. The largest absolute Gasteiger partial charge is 0.480 e. The van der Waals surface area contributed by atoms with E-state index in [1.165, 1.54) is 12.1 Å². The Labute approximate surface area is 143 Å². The van der Waals surface area contributed by atoms with E-state index < -0.39 is 18.0 Å². The van der Waals surface area contributed by atoms with E-state index in [-0.39, 0.29) is 25.3 Å². The average molecular weight is 346 g/mol. The Hall–Kier alpha value is -3.03. The molecule has 1 aromatic heterocycles. The minimum absolute atomic E-state index is 0.121. The standard InChI is InChI=1S/C17H18N2O6/c1-2-25-17(24)18-6-5-14-12(8-18)11-7-10(16(22)23)3-4-13(11)19(14)9-15(20)21/h3-4,7H,2,5-6,8-9H2,1H3,(H,20,21)(H,22,23). The van der Waals surface area contributed by atoms with E-state index in [4.69, 9.17) is 4.74 Å². The highest BCUT2D eigenvalue weighted by molar-refractivity contribution is 5.96. The maximum absolute atomic E-state index is 12.0. The van der Waals surface area contributed by atoms with Crippen LogP contribution >= 0.6 is 0 Å². The molecular formula is C17H18N2O6. The summed E-state index contributed by atoms with van der Waals surface area (Å²) in [6, 6.07) is 4.61. The number of carboxylic acid groups (broad SMARTS) is 2. The first-order valence-corrected chi connectivity index (χ1v) is 7.93. The van der Waals surface area contributed by atoms with Crippen molar-refractivity contribution >= 4 is 28.9 Å². The number of aliphatic carboxylic acids is 1. The van der Waals surface area contributed by atoms with Gasteiger partial charge < -0.3 is 24.4 Å². The molecule has 0 saturated heterocycles. The van der Waals surface area contributed by atoms with Gasteiger partial charge >= 0.3 is 18.0 Å². The lowest BCUT2D eigenvalue weighted by atomic mass is 10.0. The van der Waals surface area contributed by atoms with Crippen molar-refractivity contribution in [3.63, 3.8) is 0 Å². The van der Waals surface area contributed by atoms with Gasteiger partial charge in [0.1, 0.15) is 6.54 Å². The molecule has 1 amide bonds. The monoisotopic (exact) mass is 346 g/mol. The van der Waals surface area contributed by atoms with Gasteiger partial charge in [0.25, 0.3) is 0 Å². The van der Waals surface area contributed by atoms with Crippen LogP contribution in [0.2, 0.25) is 0 Å². The number of carboxylic acids is 2. The van der Waals surface area contributed by atoms with Gasteiger partial charge in [0, 0.05) is 35.1 Å². The number of nitrogens with zero attached hydrogens (tertiary/aromatic N) is 2. The quantitative estimate of drug-likeness (QED) is 0.876. The maximum Gasteiger partial charge on any atom is 0.410 e. The predicted molar refractivity (Wildman–Crippen MR) is 87.7 cm³/mol. The fourth-order valence-corrected chi connectivity index (χ4v) is 3.27. The van der Waals surface area contributed by atoms with Crippen LogP contribution in [0.25, 0.3) is 10.9 Å². The van der Waals surface area contributed by atoms with Crippen LogP contribution in [-0.2, 0) is 29.0 Å². The molecule has 1 aliphatic rings. The van der Waals surface area contributed by atoms with Crippen LogP contribution in [0, 0.1) is 0 Å². The molecule has 0 spiro atoms. The van der Waals surface area contributed by atoms with Gasteiger partial charge in [-0.2, -0.15) is 0 Å². The number of aromatic nitrogens is 1. The second-order valence-electron chi connectivity index (χ2n) is 5.81. The third-order valence-corrected chi connectivity index (χ3v) is 4.32. The molecule has 0 radical (unpaired) electrons. The van der Waals surface area contributed by atoms with Crippen LogP contribution in [0.3, 0.4) is 0 Å². The summed E-state index contributed by atoms with van der Waals surface area (Å²) in [5.74, 6) is -2.03. The molecule has 2 N–H and O–H groups in total. The van der Waals surface area contributed by atoms with Gasteiger partial charge in [-0.15, -0.1) is 0 Å². The van der Waals surface area contributed by atoms with E-state index in [9.17, 15) is 24.6 Å². The van der Waals surface area contributed by atoms with Crippen LogP contribution in [0.1, 0.15) is 28.5 Å². The summed E-state index contributed by atoms with van der Waals surface area (Å²) in [6.07, 6.45) is 0.0556. The van der Waals surface area contributed by atoms with Crippen molar-refractivity contribution in [3.8, 4) is 0 Å². The second-order valence-corrected chi connectivity index (χ2v) is 5.81. The van der Waals surface area contributed by atoms with Crippen molar-refractivity contribution in [2.75, 3.05) is 13.2 Å². The van der Waals surface area contributed by atoms with E-state index in [0.29, 0.717) is 23.9 Å². The smallest absolute Gasteiger partial charge is 0.410 e. The molecule has 0 atom stereocenters. The maximum atomic E-state index is 12.0. The summed E-state index contributed by atoms with van der Waals surface area (Å²) in [5, 5.41) is 19.1. The Morgan fingerprint density at radius 1 is 1.24 bits per heavy atom. The van der Waals surface area contributed by atoms with Crippen molar-refractivity contribution in [1.29, 1.82) is 0 Å². The van der Waals surface area contributed by atoms with Crippen LogP contribution in [0.15, 0.2) is 18.2 Å². The number of ether oxygens (including phenoxy) is 1. The molecular weight excluding hydrogens is 328 g/mol. The fourth-order valence-electron chi connectivity index (χ4n) is 3.27. The summed E-state index contributed by atoms with van der Waals surface area (Å²) in [5.41, 5.74) is 2.37. The van der Waals surface area contributed by atoms with Crippen molar-refractivity contribution in [2.45, 2.75) is 26.4 Å². The molecule has 3 rings (SSSR count). The summed E-state index contributed by atoms with van der Waals surface area (Å²) >= 11 is 0. The van der Waals surface area contributed by atoms with Gasteiger partial charge in [0.15, 0.2) is 0 Å². The van der Waals surface area contributed by atoms with E-state index in [2.05, 4.69) is 0 Å². The lowest BCUT2D eigenvalue weighted by Gasteiger charge is -2.27. The lowest BCUT2D eigenvalue weighted by Crippen LogP contribution is -2.36. The van der Waals surface area contributed by atoms with E-state index in [0.717, 1.165) is 11.3 Å². The summed E-state index contributed by atoms with van der Waals surface area (Å²) in [6.45, 7) is 2.48. The van der Waals surface area contributed by atoms with Gasteiger partial charge in [-0.05, 0) is 25.1 Å². The molecule has 0 unspecified atom stereocenters. The number of rotatable bonds is 4. The molecule has 8 nitrogen and oxygen atoms in total. The van der Waals surface area contributed by atoms with Crippen LogP contribution in [-0.4, -0.2) is 50.9 Å². The number of hydrogen-bond acceptors (Lipinski definition) is 4. The van der Waals surface area contributed by atoms with E-state index in [1.807, 2.05) is 0 Å². The number of carbonyl (C=O) groups is 3. The fraction of sp³-hybridized carbons (Fsp3) is 0.353. The van der Waals surface area contributed by atoms with Crippen molar-refractivity contribution in [3.05, 3.63) is 35.0 Å². The minimum Gasteiger partial charge on any atom is -0.480 e. The molecule has 0 bridgehead atoms. The summed E-state index contributed by atoms with van der Waals surface area (Å²) in [7, 11) is 0. The van der Waals surface area contributed by atoms with Crippen LogP contribution < -0.4 is 0 Å². The van der Waals surface area contributed by atoms with Gasteiger partial charge in [0.2, 0.25) is 0 Å². The molecule has 8 heteroatoms. The Bertz CT molecular complexity index is 870. The van der Waals surface area contributed by atoms with Gasteiger partial charge in [0.05, 0.1) is 18.7 Å². The molecule has 0 aliphatic carbocycles. The van der Waals surface area contributed by atoms with Crippen molar-refractivity contribution in [1.82, 2.24) is 9.47 Å². The zero-order valence-electron chi connectivity index (χ0n) is 13.7.